The molecule has 4 nitrogen and oxygen atoms in total. The van der Waals surface area contributed by atoms with E-state index in [1.165, 1.54) is 11.1 Å². The minimum absolute atomic E-state index is 0.0707. The van der Waals surface area contributed by atoms with E-state index in [1.807, 2.05) is 18.3 Å². The minimum atomic E-state index is -0.268. The van der Waals surface area contributed by atoms with Crippen LogP contribution in [0.5, 0.6) is 5.75 Å². The number of benzene rings is 4. The van der Waals surface area contributed by atoms with E-state index >= 15 is 0 Å². The number of aromatic nitrogens is 3. The molecule has 0 saturated heterocycles. The number of phenols is 1. The van der Waals surface area contributed by atoms with Gasteiger partial charge < -0.3 is 5.11 Å². The van der Waals surface area contributed by atoms with Crippen LogP contribution in [0.4, 0.5) is 0 Å². The lowest BCUT2D eigenvalue weighted by Gasteiger charge is -2.27. The fourth-order valence-electron chi connectivity index (χ4n) is 6.60. The van der Waals surface area contributed by atoms with E-state index in [9.17, 15) is 5.11 Å². The Bertz CT molecular complexity index is 2130. The Balaban J connectivity index is 1.74. The van der Waals surface area contributed by atoms with Gasteiger partial charge in [0.2, 0.25) is 0 Å². The first-order valence-corrected chi connectivity index (χ1v) is 17.0. The van der Waals surface area contributed by atoms with Crippen LogP contribution in [0.15, 0.2) is 91.1 Å². The quantitative estimate of drug-likeness (QED) is 0.210. The second-order valence-electron chi connectivity index (χ2n) is 16.4. The topological polar surface area (TPSA) is 50.9 Å². The van der Waals surface area contributed by atoms with E-state index in [0.29, 0.717) is 0 Å². The molecule has 0 amide bonds. The summed E-state index contributed by atoms with van der Waals surface area (Å²) in [6.07, 6.45) is 1.85. The highest BCUT2D eigenvalue weighted by atomic mass is 16.3. The molecule has 0 aliphatic carbocycles. The zero-order valence-corrected chi connectivity index (χ0v) is 30.4. The molecule has 0 fully saturated rings. The molecule has 0 aliphatic rings. The van der Waals surface area contributed by atoms with Gasteiger partial charge in [0.15, 0.2) is 0 Å². The Morgan fingerprint density at radius 3 is 1.83 bits per heavy atom. The molecule has 0 saturated carbocycles. The number of pyridine rings is 1. The average molecular weight is 636 g/mol. The molecule has 6 rings (SSSR count). The van der Waals surface area contributed by atoms with Crippen molar-refractivity contribution >= 4 is 11.0 Å². The van der Waals surface area contributed by atoms with Crippen molar-refractivity contribution < 1.29 is 5.11 Å². The second kappa shape index (κ2) is 11.8. The van der Waals surface area contributed by atoms with Gasteiger partial charge in [-0.15, -0.1) is 0 Å². The molecule has 0 spiro atoms. The van der Waals surface area contributed by atoms with Crippen molar-refractivity contribution in [3.63, 3.8) is 0 Å². The molecule has 0 bridgehead atoms. The molecule has 4 heteroatoms. The van der Waals surface area contributed by atoms with Crippen LogP contribution in [-0.2, 0) is 16.2 Å². The number of hydrogen-bond acceptors (Lipinski definition) is 3. The van der Waals surface area contributed by atoms with Crippen molar-refractivity contribution in [1.82, 2.24) is 14.5 Å². The molecule has 0 aliphatic heterocycles. The molecule has 2 aromatic heterocycles. The number of hydrogen-bond donors (Lipinski definition) is 1. The van der Waals surface area contributed by atoms with Crippen LogP contribution in [-0.4, -0.2) is 19.6 Å². The molecule has 0 unspecified atom stereocenters. The molecular formula is C44H49N3O. The molecule has 0 radical (unpaired) electrons. The molecule has 0 atom stereocenters. The van der Waals surface area contributed by atoms with Gasteiger partial charge in [0.25, 0.3) is 0 Å². The Labute approximate surface area is 286 Å². The number of imidazole rings is 1. The van der Waals surface area contributed by atoms with Crippen LogP contribution in [0.25, 0.3) is 50.5 Å². The van der Waals surface area contributed by atoms with Gasteiger partial charge in [0.1, 0.15) is 11.6 Å². The zero-order valence-electron chi connectivity index (χ0n) is 30.4. The standard InChI is InChI=1S/C44H49N3O/c1-27-16-14-17-28(2)39(27)47-37-20-15-18-33(29-22-30(36-19-12-13-21-45-36)24-31(23-29)42(3,4)5)38(37)46-41(47)34-25-32(43(6,7)8)26-35(40(34)48)44(9,10)11/h12-26,48H,1-11H3. The summed E-state index contributed by atoms with van der Waals surface area (Å²) in [7, 11) is 0. The third-order valence-electron chi connectivity index (χ3n) is 9.44. The van der Waals surface area contributed by atoms with E-state index in [0.717, 1.165) is 67.2 Å². The van der Waals surface area contributed by atoms with E-state index in [4.69, 9.17) is 9.97 Å². The predicted octanol–water partition coefficient (Wildman–Crippen LogP) is 11.6. The van der Waals surface area contributed by atoms with Crippen LogP contribution in [0, 0.1) is 13.8 Å². The lowest BCUT2D eigenvalue weighted by molar-refractivity contribution is 0.446. The highest BCUT2D eigenvalue weighted by Crippen LogP contribution is 2.45. The molecular weight excluding hydrogens is 587 g/mol. The van der Waals surface area contributed by atoms with Crippen molar-refractivity contribution in [3.05, 3.63) is 119 Å². The fourth-order valence-corrected chi connectivity index (χ4v) is 6.60. The maximum atomic E-state index is 12.1. The Kier molecular flexibility index (Phi) is 8.14. The molecule has 6 aromatic rings. The Morgan fingerprint density at radius 1 is 0.604 bits per heavy atom. The van der Waals surface area contributed by atoms with E-state index in [1.54, 1.807) is 0 Å². The van der Waals surface area contributed by atoms with Gasteiger partial charge in [-0.05, 0) is 94.3 Å². The number of phenolic OH excluding ortho intramolecular Hbond substituents is 1. The summed E-state index contributed by atoms with van der Waals surface area (Å²) in [5.41, 5.74) is 13.0. The number of fused-ring (bicyclic) bond motifs is 1. The van der Waals surface area contributed by atoms with Crippen molar-refractivity contribution in [2.45, 2.75) is 92.4 Å². The first-order chi connectivity index (χ1) is 22.4. The third-order valence-corrected chi connectivity index (χ3v) is 9.44. The summed E-state index contributed by atoms with van der Waals surface area (Å²) in [6, 6.07) is 30.0. The van der Waals surface area contributed by atoms with Crippen molar-refractivity contribution in [1.29, 1.82) is 0 Å². The van der Waals surface area contributed by atoms with Crippen molar-refractivity contribution in [3.8, 4) is 45.2 Å². The van der Waals surface area contributed by atoms with E-state index in [2.05, 4.69) is 154 Å². The average Bonchev–Trinajstić information content (AvgIpc) is 3.39. The van der Waals surface area contributed by atoms with Gasteiger partial charge in [-0.2, -0.15) is 0 Å². The SMILES string of the molecule is Cc1cccc(C)c1-n1c(-c2cc(C(C)(C)C)cc(C(C)(C)C)c2O)nc2c(-c3cc(-c4ccccn4)cc(C(C)(C)C)c3)cccc21. The maximum absolute atomic E-state index is 12.1. The van der Waals surface area contributed by atoms with E-state index < -0.39 is 0 Å². The minimum Gasteiger partial charge on any atom is -0.507 e. The largest absolute Gasteiger partial charge is 0.507 e. The highest BCUT2D eigenvalue weighted by Gasteiger charge is 2.29. The van der Waals surface area contributed by atoms with Gasteiger partial charge in [-0.1, -0.05) is 111 Å². The third kappa shape index (κ3) is 6.05. The normalized spacial score (nSPS) is 12.6. The van der Waals surface area contributed by atoms with Gasteiger partial charge in [0.05, 0.1) is 28.0 Å². The first-order valence-electron chi connectivity index (χ1n) is 17.0. The predicted molar refractivity (Wildman–Crippen MR) is 202 cm³/mol. The summed E-state index contributed by atoms with van der Waals surface area (Å²) in [4.78, 5) is 10.2. The van der Waals surface area contributed by atoms with Crippen LogP contribution < -0.4 is 0 Å². The second-order valence-corrected chi connectivity index (χ2v) is 16.4. The summed E-state index contributed by atoms with van der Waals surface area (Å²) in [5, 5.41) is 12.1. The van der Waals surface area contributed by atoms with Gasteiger partial charge in [-0.3, -0.25) is 9.55 Å². The molecule has 246 valence electrons. The zero-order chi connectivity index (χ0) is 34.8. The van der Waals surface area contributed by atoms with Crippen molar-refractivity contribution in [2.24, 2.45) is 0 Å². The van der Waals surface area contributed by atoms with Gasteiger partial charge >= 0.3 is 0 Å². The summed E-state index contributed by atoms with van der Waals surface area (Å²) >= 11 is 0. The molecule has 48 heavy (non-hydrogen) atoms. The molecule has 2 heterocycles. The summed E-state index contributed by atoms with van der Waals surface area (Å²) in [5.74, 6) is 1.02. The number of rotatable bonds is 4. The van der Waals surface area contributed by atoms with Crippen LogP contribution in [0.3, 0.4) is 0 Å². The highest BCUT2D eigenvalue weighted by molar-refractivity contribution is 5.97. The monoisotopic (exact) mass is 635 g/mol. The lowest BCUT2D eigenvalue weighted by atomic mass is 9.79. The number of nitrogens with zero attached hydrogens (tertiary/aromatic N) is 3. The number of aryl methyl sites for hydroxylation is 2. The smallest absolute Gasteiger partial charge is 0.149 e. The van der Waals surface area contributed by atoms with Crippen molar-refractivity contribution in [2.75, 3.05) is 0 Å². The van der Waals surface area contributed by atoms with Gasteiger partial charge in [0, 0.05) is 22.9 Å². The van der Waals surface area contributed by atoms with Gasteiger partial charge in [-0.25, -0.2) is 4.98 Å². The number of aromatic hydroxyl groups is 1. The Hall–Kier alpha value is -4.70. The van der Waals surface area contributed by atoms with Crippen LogP contribution in [0.1, 0.15) is 90.1 Å². The molecule has 4 aromatic carbocycles. The summed E-state index contributed by atoms with van der Waals surface area (Å²) < 4.78 is 2.27. The summed E-state index contributed by atoms with van der Waals surface area (Å²) in [6.45, 7) is 24.2. The fraction of sp³-hybridized carbons (Fsp3) is 0.318. The van der Waals surface area contributed by atoms with Crippen LogP contribution >= 0.6 is 0 Å². The maximum Gasteiger partial charge on any atom is 0.149 e. The molecule has 1 N–H and O–H groups in total. The van der Waals surface area contributed by atoms with Crippen LogP contribution in [0.2, 0.25) is 0 Å². The number of para-hydroxylation sites is 2. The Morgan fingerprint density at radius 2 is 1.23 bits per heavy atom. The van der Waals surface area contributed by atoms with E-state index in [-0.39, 0.29) is 22.0 Å². The lowest BCUT2D eigenvalue weighted by Crippen LogP contribution is -2.17. The first kappa shape index (κ1) is 33.2.